The van der Waals surface area contributed by atoms with Crippen molar-refractivity contribution in [3.8, 4) is 11.3 Å². The summed E-state index contributed by atoms with van der Waals surface area (Å²) in [5, 5.41) is 13.8. The normalized spacial score (nSPS) is 11.0. The molecule has 0 aliphatic rings. The van der Waals surface area contributed by atoms with Crippen molar-refractivity contribution in [2.45, 2.75) is 20.0 Å². The Balaban J connectivity index is 2.29. The van der Waals surface area contributed by atoms with Gasteiger partial charge in [-0.2, -0.15) is 4.39 Å². The summed E-state index contributed by atoms with van der Waals surface area (Å²) in [6, 6.07) is 7.06. The lowest BCUT2D eigenvalue weighted by Crippen LogP contribution is -2.24. The van der Waals surface area contributed by atoms with Crippen LogP contribution in [-0.2, 0) is 13.1 Å². The molecule has 27 heavy (non-hydrogen) atoms. The Bertz CT molecular complexity index is 1090. The highest BCUT2D eigenvalue weighted by Gasteiger charge is 2.22. The van der Waals surface area contributed by atoms with Gasteiger partial charge in [0.2, 0.25) is 5.95 Å². The van der Waals surface area contributed by atoms with Gasteiger partial charge in [0.25, 0.3) is 0 Å². The van der Waals surface area contributed by atoms with Crippen LogP contribution >= 0.6 is 23.2 Å². The van der Waals surface area contributed by atoms with Gasteiger partial charge >= 0.3 is 5.97 Å². The molecule has 9 heteroatoms. The van der Waals surface area contributed by atoms with Gasteiger partial charge in [0.1, 0.15) is 5.56 Å². The van der Waals surface area contributed by atoms with Crippen molar-refractivity contribution in [2.75, 3.05) is 0 Å². The fourth-order valence-electron chi connectivity index (χ4n) is 2.93. The fourth-order valence-corrected chi connectivity index (χ4v) is 3.23. The number of carbonyl (C=O) groups is 1. The number of pyridine rings is 1. The topological polar surface area (TPSA) is 77.1 Å². The SMILES string of the molecule is CCn1c(Cn2ccc(F)n2)cc(=O)c(C(=O)O)c1-c1ccc(Cl)c(Cl)c1. The Morgan fingerprint density at radius 3 is 2.52 bits per heavy atom. The van der Waals surface area contributed by atoms with Crippen LogP contribution in [0, 0.1) is 5.95 Å². The lowest BCUT2D eigenvalue weighted by atomic mass is 10.0. The van der Waals surface area contributed by atoms with Crippen LogP contribution in [0.25, 0.3) is 11.3 Å². The molecule has 0 aliphatic carbocycles. The lowest BCUT2D eigenvalue weighted by Gasteiger charge is -2.20. The maximum absolute atomic E-state index is 13.2. The first-order chi connectivity index (χ1) is 12.8. The monoisotopic (exact) mass is 409 g/mol. The predicted octanol–water partition coefficient (Wildman–Crippen LogP) is 3.92. The molecule has 0 aliphatic heterocycles. The molecule has 2 heterocycles. The van der Waals surface area contributed by atoms with E-state index in [1.54, 1.807) is 10.6 Å². The number of benzene rings is 1. The van der Waals surface area contributed by atoms with Crippen molar-refractivity contribution in [1.82, 2.24) is 14.3 Å². The van der Waals surface area contributed by atoms with Crippen LogP contribution in [0.1, 0.15) is 23.0 Å². The summed E-state index contributed by atoms with van der Waals surface area (Å²) < 4.78 is 16.2. The number of rotatable bonds is 5. The molecule has 0 bridgehead atoms. The van der Waals surface area contributed by atoms with Crippen LogP contribution in [0.15, 0.2) is 41.3 Å². The van der Waals surface area contributed by atoms with Crippen LogP contribution < -0.4 is 5.43 Å². The second-order valence-corrected chi connectivity index (χ2v) is 6.55. The zero-order chi connectivity index (χ0) is 19.7. The summed E-state index contributed by atoms with van der Waals surface area (Å²) >= 11 is 12.0. The number of carboxylic acid groups (broad SMARTS) is 1. The Labute approximate surface area is 163 Å². The van der Waals surface area contributed by atoms with Crippen molar-refractivity contribution in [2.24, 2.45) is 0 Å². The average molecular weight is 410 g/mol. The molecule has 1 N–H and O–H groups in total. The summed E-state index contributed by atoms with van der Waals surface area (Å²) in [5.74, 6) is -1.99. The van der Waals surface area contributed by atoms with E-state index in [-0.39, 0.29) is 22.8 Å². The molecule has 0 saturated carbocycles. The smallest absolute Gasteiger partial charge is 0.341 e. The molecule has 3 rings (SSSR count). The minimum Gasteiger partial charge on any atom is -0.477 e. The van der Waals surface area contributed by atoms with Crippen LogP contribution in [0.4, 0.5) is 4.39 Å². The number of halogens is 3. The number of aromatic carboxylic acids is 1. The molecule has 0 amide bonds. The number of hydrogen-bond acceptors (Lipinski definition) is 3. The van der Waals surface area contributed by atoms with Gasteiger partial charge in [-0.25, -0.2) is 4.79 Å². The molecule has 0 atom stereocenters. The molecule has 0 saturated heterocycles. The maximum Gasteiger partial charge on any atom is 0.341 e. The van der Waals surface area contributed by atoms with E-state index in [1.165, 1.54) is 35.1 Å². The zero-order valence-corrected chi connectivity index (χ0v) is 15.6. The van der Waals surface area contributed by atoms with E-state index in [0.717, 1.165) is 0 Å². The Morgan fingerprint density at radius 2 is 1.96 bits per heavy atom. The minimum absolute atomic E-state index is 0.0984. The first kappa shape index (κ1) is 19.1. The highest BCUT2D eigenvalue weighted by atomic mass is 35.5. The summed E-state index contributed by atoms with van der Waals surface area (Å²) in [6.45, 7) is 2.28. The third-order valence-electron chi connectivity index (χ3n) is 4.05. The second kappa shape index (κ2) is 7.54. The first-order valence-corrected chi connectivity index (χ1v) is 8.71. The van der Waals surface area contributed by atoms with Crippen LogP contribution in [-0.4, -0.2) is 25.4 Å². The Hall–Kier alpha value is -2.64. The van der Waals surface area contributed by atoms with Gasteiger partial charge in [-0.1, -0.05) is 29.3 Å². The van der Waals surface area contributed by atoms with Crippen molar-refractivity contribution in [3.05, 3.63) is 74.0 Å². The first-order valence-electron chi connectivity index (χ1n) is 7.96. The molecule has 0 spiro atoms. The molecule has 3 aromatic rings. The van der Waals surface area contributed by atoms with Gasteiger partial charge in [0.05, 0.1) is 22.3 Å². The van der Waals surface area contributed by atoms with Gasteiger partial charge in [-0.15, -0.1) is 5.10 Å². The Morgan fingerprint density at radius 1 is 1.22 bits per heavy atom. The third kappa shape index (κ3) is 3.74. The predicted molar refractivity (Wildman–Crippen MR) is 100 cm³/mol. The van der Waals surface area contributed by atoms with Gasteiger partial charge in [-0.05, 0) is 19.1 Å². The van der Waals surface area contributed by atoms with E-state index in [1.807, 2.05) is 6.92 Å². The summed E-state index contributed by atoms with van der Waals surface area (Å²) in [7, 11) is 0. The molecule has 6 nitrogen and oxygen atoms in total. The summed E-state index contributed by atoms with van der Waals surface area (Å²) in [6.07, 6.45) is 1.43. The van der Waals surface area contributed by atoms with Crippen molar-refractivity contribution >= 4 is 29.2 Å². The van der Waals surface area contributed by atoms with Crippen molar-refractivity contribution < 1.29 is 14.3 Å². The molecule has 2 aromatic heterocycles. The molecule has 0 fully saturated rings. The molecular formula is C18H14Cl2FN3O3. The van der Waals surface area contributed by atoms with Gasteiger partial charge in [0, 0.05) is 36.1 Å². The number of carboxylic acids is 1. The molecule has 0 radical (unpaired) electrons. The van der Waals surface area contributed by atoms with E-state index in [9.17, 15) is 19.1 Å². The van der Waals surface area contributed by atoms with E-state index in [0.29, 0.717) is 22.8 Å². The highest BCUT2D eigenvalue weighted by molar-refractivity contribution is 6.42. The highest BCUT2D eigenvalue weighted by Crippen LogP contribution is 2.30. The third-order valence-corrected chi connectivity index (χ3v) is 4.79. The number of nitrogens with zero attached hydrogens (tertiary/aromatic N) is 3. The number of hydrogen-bond donors (Lipinski definition) is 1. The summed E-state index contributed by atoms with van der Waals surface area (Å²) in [4.78, 5) is 24.3. The van der Waals surface area contributed by atoms with Crippen LogP contribution in [0.3, 0.4) is 0 Å². The fraction of sp³-hybridized carbons (Fsp3) is 0.167. The zero-order valence-electron chi connectivity index (χ0n) is 14.1. The van der Waals surface area contributed by atoms with E-state index in [4.69, 9.17) is 23.2 Å². The van der Waals surface area contributed by atoms with Gasteiger partial charge in [-0.3, -0.25) is 9.48 Å². The average Bonchev–Trinajstić information content (AvgIpc) is 3.01. The van der Waals surface area contributed by atoms with E-state index >= 15 is 0 Å². The quantitative estimate of drug-likeness (QED) is 0.692. The van der Waals surface area contributed by atoms with Crippen LogP contribution in [0.2, 0.25) is 10.0 Å². The second-order valence-electron chi connectivity index (χ2n) is 5.74. The maximum atomic E-state index is 13.2. The Kier molecular flexibility index (Phi) is 5.34. The largest absolute Gasteiger partial charge is 0.477 e. The standard InChI is InChI=1S/C18H14Cl2FN3O3/c1-2-24-11(9-23-6-5-15(21)22-23)8-14(25)16(18(26)27)17(24)10-3-4-12(19)13(20)7-10/h3-8H,2,9H2,1H3,(H,26,27). The van der Waals surface area contributed by atoms with Gasteiger partial charge < -0.3 is 9.67 Å². The number of aromatic nitrogens is 3. The molecule has 0 unspecified atom stereocenters. The van der Waals surface area contributed by atoms with E-state index < -0.39 is 17.3 Å². The lowest BCUT2D eigenvalue weighted by molar-refractivity contribution is 0.0695. The minimum atomic E-state index is -1.35. The van der Waals surface area contributed by atoms with E-state index in [2.05, 4.69) is 5.10 Å². The molecule has 1 aromatic carbocycles. The molecular weight excluding hydrogens is 396 g/mol. The van der Waals surface area contributed by atoms with Crippen molar-refractivity contribution in [3.63, 3.8) is 0 Å². The van der Waals surface area contributed by atoms with Crippen molar-refractivity contribution in [1.29, 1.82) is 0 Å². The summed E-state index contributed by atoms with van der Waals surface area (Å²) in [5.41, 5.74) is 0.103. The molecule has 140 valence electrons. The van der Waals surface area contributed by atoms with Gasteiger partial charge in [0.15, 0.2) is 5.43 Å². The van der Waals surface area contributed by atoms with Crippen LogP contribution in [0.5, 0.6) is 0 Å².